The number of aliphatic hydroxyl groups excluding tert-OH is 1. The molecule has 0 aromatic carbocycles. The van der Waals surface area contributed by atoms with Gasteiger partial charge in [-0.25, -0.2) is 8.42 Å². The smallest absolute Gasteiger partial charge is 0.154 e. The van der Waals surface area contributed by atoms with Gasteiger partial charge in [-0.2, -0.15) is 0 Å². The Kier molecular flexibility index (Phi) is 1.50. The van der Waals surface area contributed by atoms with Gasteiger partial charge in [0.1, 0.15) is 0 Å². The molecule has 0 aliphatic carbocycles. The minimum Gasteiger partial charge on any atom is -0.390 e. The third kappa shape index (κ3) is 1.41. The minimum atomic E-state index is -3.08. The van der Waals surface area contributed by atoms with Crippen LogP contribution < -0.4 is 5.73 Å². The molecular formula is C4H8NO3S. The molecule has 4 nitrogen and oxygen atoms in total. The molecular weight excluding hydrogens is 142 g/mol. The molecule has 1 heterocycles. The molecule has 0 aromatic rings. The van der Waals surface area contributed by atoms with E-state index in [-0.39, 0.29) is 11.5 Å². The highest BCUT2D eigenvalue weighted by molar-refractivity contribution is 7.91. The molecule has 1 aliphatic heterocycles. The van der Waals surface area contributed by atoms with Crippen molar-refractivity contribution in [2.24, 2.45) is 0 Å². The minimum absolute atomic E-state index is 0.186. The number of hydrogen-bond acceptors (Lipinski definition) is 3. The zero-order valence-corrected chi connectivity index (χ0v) is 5.56. The average Bonchev–Trinajstić information content (AvgIpc) is 1.79. The molecule has 0 spiro atoms. The van der Waals surface area contributed by atoms with Crippen molar-refractivity contribution in [3.8, 4) is 0 Å². The largest absolute Gasteiger partial charge is 0.390 e. The molecule has 5 heteroatoms. The van der Waals surface area contributed by atoms with E-state index in [1.54, 1.807) is 0 Å². The number of aliphatic hydroxyl groups is 1. The van der Waals surface area contributed by atoms with Crippen LogP contribution in [-0.4, -0.2) is 37.2 Å². The fourth-order valence-corrected chi connectivity index (χ4v) is 2.49. The van der Waals surface area contributed by atoms with Gasteiger partial charge in [0.2, 0.25) is 0 Å². The van der Waals surface area contributed by atoms with E-state index >= 15 is 0 Å². The van der Waals surface area contributed by atoms with Crippen LogP contribution in [0.1, 0.15) is 0 Å². The fourth-order valence-electron chi connectivity index (χ4n) is 0.829. The van der Waals surface area contributed by atoms with E-state index in [1.807, 2.05) is 0 Å². The van der Waals surface area contributed by atoms with Crippen LogP contribution >= 0.6 is 0 Å². The molecule has 0 saturated carbocycles. The van der Waals surface area contributed by atoms with Crippen LogP contribution in [-0.2, 0) is 9.84 Å². The molecule has 0 bridgehead atoms. The third-order valence-corrected chi connectivity index (χ3v) is 3.04. The summed E-state index contributed by atoms with van der Waals surface area (Å²) < 4.78 is 21.1. The summed E-state index contributed by atoms with van der Waals surface area (Å²) in [6.45, 7) is 0. The molecule has 1 saturated heterocycles. The van der Waals surface area contributed by atoms with Crippen molar-refractivity contribution in [2.45, 2.75) is 12.1 Å². The van der Waals surface area contributed by atoms with Crippen LogP contribution in [0.15, 0.2) is 0 Å². The van der Waals surface area contributed by atoms with Crippen LogP contribution in [0.2, 0.25) is 0 Å². The highest BCUT2D eigenvalue weighted by Gasteiger charge is 2.33. The molecule has 0 amide bonds. The summed E-state index contributed by atoms with van der Waals surface area (Å²) in [6.07, 6.45) is -0.963. The second-order valence-electron chi connectivity index (χ2n) is 2.25. The Balaban J connectivity index is 2.77. The predicted octanol–water partition coefficient (Wildman–Crippen LogP) is -1.57. The van der Waals surface area contributed by atoms with E-state index < -0.39 is 22.0 Å². The average molecular weight is 150 g/mol. The Morgan fingerprint density at radius 1 is 1.44 bits per heavy atom. The molecule has 2 unspecified atom stereocenters. The molecule has 2 N–H and O–H groups in total. The van der Waals surface area contributed by atoms with E-state index in [4.69, 9.17) is 10.8 Å². The maximum absolute atomic E-state index is 10.6. The SMILES string of the molecule is [NH]C1CS(=O)(=O)CC1O. The molecule has 1 radical (unpaired) electrons. The van der Waals surface area contributed by atoms with Gasteiger partial charge in [0.25, 0.3) is 0 Å². The lowest BCUT2D eigenvalue weighted by Crippen LogP contribution is -2.24. The Labute approximate surface area is 53.6 Å². The molecule has 1 rings (SSSR count). The first-order valence-corrected chi connectivity index (χ1v) is 4.43. The maximum Gasteiger partial charge on any atom is 0.154 e. The quantitative estimate of drug-likeness (QED) is 0.453. The highest BCUT2D eigenvalue weighted by Crippen LogP contribution is 2.10. The fraction of sp³-hybridized carbons (Fsp3) is 1.00. The molecule has 9 heavy (non-hydrogen) atoms. The maximum atomic E-state index is 10.6. The predicted molar refractivity (Wildman–Crippen MR) is 31.5 cm³/mol. The number of hydrogen-bond donors (Lipinski definition) is 1. The normalized spacial score (nSPS) is 41.1. The zero-order valence-electron chi connectivity index (χ0n) is 4.74. The second-order valence-corrected chi connectivity index (χ2v) is 4.40. The lowest BCUT2D eigenvalue weighted by Gasteiger charge is -2.00. The van der Waals surface area contributed by atoms with Gasteiger partial charge in [-0.1, -0.05) is 0 Å². The summed E-state index contributed by atoms with van der Waals surface area (Å²) in [4.78, 5) is 0. The first-order valence-electron chi connectivity index (χ1n) is 2.61. The summed E-state index contributed by atoms with van der Waals surface area (Å²) in [6, 6.07) is -0.824. The van der Waals surface area contributed by atoms with E-state index in [1.165, 1.54) is 0 Å². The standard InChI is InChI=1S/C4H8NO3S/c5-3-1-9(7,8)2-4(3)6/h3-6H,1-2H2. The Morgan fingerprint density at radius 3 is 2.11 bits per heavy atom. The monoisotopic (exact) mass is 150 g/mol. The van der Waals surface area contributed by atoms with Crippen molar-refractivity contribution >= 4 is 9.84 Å². The van der Waals surface area contributed by atoms with Crippen molar-refractivity contribution in [3.63, 3.8) is 0 Å². The topological polar surface area (TPSA) is 78.2 Å². The van der Waals surface area contributed by atoms with Crippen LogP contribution in [0.3, 0.4) is 0 Å². The lowest BCUT2D eigenvalue weighted by atomic mass is 10.2. The van der Waals surface area contributed by atoms with Crippen LogP contribution in [0.5, 0.6) is 0 Å². The number of sulfone groups is 1. The zero-order chi connectivity index (χ0) is 7.07. The van der Waals surface area contributed by atoms with Crippen LogP contribution in [0, 0.1) is 0 Å². The number of rotatable bonds is 0. The van der Waals surface area contributed by atoms with Gasteiger partial charge in [-0.05, 0) is 0 Å². The summed E-state index contributed by atoms with van der Waals surface area (Å²) in [5.74, 6) is -0.421. The van der Waals surface area contributed by atoms with Crippen LogP contribution in [0.25, 0.3) is 0 Å². The van der Waals surface area contributed by atoms with Gasteiger partial charge in [0.15, 0.2) is 9.84 Å². The van der Waals surface area contributed by atoms with E-state index in [9.17, 15) is 8.42 Å². The summed E-state index contributed by atoms with van der Waals surface area (Å²) in [5.41, 5.74) is 6.96. The third-order valence-electron chi connectivity index (χ3n) is 1.32. The summed E-state index contributed by atoms with van der Waals surface area (Å²) in [7, 11) is -3.08. The molecule has 1 fully saturated rings. The second kappa shape index (κ2) is 1.93. The van der Waals surface area contributed by atoms with Gasteiger partial charge in [0.05, 0.1) is 23.7 Å². The lowest BCUT2D eigenvalue weighted by molar-refractivity contribution is 0.180. The van der Waals surface area contributed by atoms with E-state index in [0.717, 1.165) is 0 Å². The van der Waals surface area contributed by atoms with Gasteiger partial charge < -0.3 is 5.11 Å². The Hall–Kier alpha value is -0.130. The van der Waals surface area contributed by atoms with E-state index in [2.05, 4.69) is 0 Å². The van der Waals surface area contributed by atoms with Crippen molar-refractivity contribution in [1.82, 2.24) is 5.73 Å². The first-order chi connectivity index (χ1) is 4.01. The summed E-state index contributed by atoms with van der Waals surface area (Å²) in [5, 5.41) is 8.77. The molecule has 53 valence electrons. The van der Waals surface area contributed by atoms with Crippen molar-refractivity contribution in [3.05, 3.63) is 0 Å². The first kappa shape index (κ1) is 6.98. The molecule has 2 atom stereocenters. The van der Waals surface area contributed by atoms with Crippen molar-refractivity contribution < 1.29 is 13.5 Å². The van der Waals surface area contributed by atoms with Gasteiger partial charge in [0, 0.05) is 0 Å². The van der Waals surface area contributed by atoms with Gasteiger partial charge in [-0.15, -0.1) is 0 Å². The summed E-state index contributed by atoms with van der Waals surface area (Å²) >= 11 is 0. The van der Waals surface area contributed by atoms with Crippen LogP contribution in [0.4, 0.5) is 0 Å². The van der Waals surface area contributed by atoms with Crippen molar-refractivity contribution in [1.29, 1.82) is 0 Å². The van der Waals surface area contributed by atoms with Gasteiger partial charge in [-0.3, -0.25) is 5.73 Å². The number of nitrogens with one attached hydrogen (secondary N) is 1. The Morgan fingerprint density at radius 2 is 2.00 bits per heavy atom. The highest BCUT2D eigenvalue weighted by atomic mass is 32.2. The molecule has 1 aliphatic rings. The van der Waals surface area contributed by atoms with Gasteiger partial charge >= 0.3 is 0 Å². The van der Waals surface area contributed by atoms with Crippen molar-refractivity contribution in [2.75, 3.05) is 11.5 Å². The molecule has 0 aromatic heterocycles. The Bertz CT molecular complexity index is 182. The van der Waals surface area contributed by atoms with E-state index in [0.29, 0.717) is 0 Å².